The van der Waals surface area contributed by atoms with Gasteiger partial charge in [0.2, 0.25) is 0 Å². The Morgan fingerprint density at radius 1 is 1.58 bits per heavy atom. The first kappa shape index (κ1) is 15.2. The van der Waals surface area contributed by atoms with Crippen LogP contribution in [-0.2, 0) is 0 Å². The first-order valence-corrected chi connectivity index (χ1v) is 6.31. The van der Waals surface area contributed by atoms with E-state index in [1.54, 1.807) is 24.3 Å². The summed E-state index contributed by atoms with van der Waals surface area (Å²) in [4.78, 5) is 0. The number of nitrogens with one attached hydrogen (secondary N) is 1. The zero-order valence-electron chi connectivity index (χ0n) is 11.2. The predicted molar refractivity (Wildman–Crippen MR) is 74.9 cm³/mol. The second kappa shape index (κ2) is 8.30. The molecule has 4 heteroatoms. The van der Waals surface area contributed by atoms with Gasteiger partial charge in [0, 0.05) is 12.6 Å². The molecule has 1 rings (SSSR count). The average molecular weight is 260 g/mol. The van der Waals surface area contributed by atoms with E-state index in [4.69, 9.17) is 10.00 Å². The number of hydrogen-bond acceptors (Lipinski definition) is 4. The lowest BCUT2D eigenvalue weighted by atomic mass is 10.2. The lowest BCUT2D eigenvalue weighted by molar-refractivity contribution is 0.104. The summed E-state index contributed by atoms with van der Waals surface area (Å²) in [7, 11) is 0. The van der Waals surface area contributed by atoms with E-state index in [2.05, 4.69) is 11.9 Å². The topological polar surface area (TPSA) is 65.3 Å². The fourth-order valence-electron chi connectivity index (χ4n) is 1.58. The molecule has 0 radical (unpaired) electrons. The van der Waals surface area contributed by atoms with Gasteiger partial charge in [-0.1, -0.05) is 12.1 Å². The largest absolute Gasteiger partial charge is 0.491 e. The molecule has 0 aliphatic carbocycles. The van der Waals surface area contributed by atoms with Crippen LogP contribution < -0.4 is 10.1 Å². The number of hydrogen-bond donors (Lipinski definition) is 2. The molecule has 102 valence electrons. The Hall–Kier alpha value is -1.83. The molecule has 0 bridgehead atoms. The third kappa shape index (κ3) is 6.05. The third-order valence-corrected chi connectivity index (χ3v) is 2.63. The first-order valence-electron chi connectivity index (χ1n) is 6.31. The van der Waals surface area contributed by atoms with Crippen molar-refractivity contribution in [1.82, 2.24) is 5.32 Å². The number of rotatable bonds is 8. The van der Waals surface area contributed by atoms with Gasteiger partial charge in [-0.05, 0) is 31.5 Å². The van der Waals surface area contributed by atoms with Crippen molar-refractivity contribution in [3.8, 4) is 11.8 Å². The second-order valence-electron chi connectivity index (χ2n) is 4.44. The van der Waals surface area contributed by atoms with E-state index >= 15 is 0 Å². The van der Waals surface area contributed by atoms with Crippen LogP contribution in [0.4, 0.5) is 0 Å². The molecular weight excluding hydrogens is 240 g/mol. The molecule has 1 aromatic rings. The van der Waals surface area contributed by atoms with Crippen molar-refractivity contribution in [2.45, 2.75) is 25.5 Å². The molecule has 0 amide bonds. The molecule has 4 nitrogen and oxygen atoms in total. The summed E-state index contributed by atoms with van der Waals surface area (Å²) in [5, 5.41) is 21.7. The minimum Gasteiger partial charge on any atom is -0.491 e. The van der Waals surface area contributed by atoms with Gasteiger partial charge in [-0.25, -0.2) is 0 Å². The summed E-state index contributed by atoms with van der Waals surface area (Å²) in [6.07, 6.45) is 2.11. The van der Waals surface area contributed by atoms with Crippen LogP contribution in [0, 0.1) is 11.3 Å². The van der Waals surface area contributed by atoms with Crippen LogP contribution in [0.1, 0.15) is 18.9 Å². The van der Waals surface area contributed by atoms with Crippen LogP contribution in [0.25, 0.3) is 0 Å². The summed E-state index contributed by atoms with van der Waals surface area (Å²) in [5.41, 5.74) is 0.546. The van der Waals surface area contributed by atoms with Crippen molar-refractivity contribution < 1.29 is 9.84 Å². The highest BCUT2D eigenvalue weighted by molar-refractivity contribution is 5.36. The van der Waals surface area contributed by atoms with Crippen LogP contribution in [-0.4, -0.2) is 30.4 Å². The lowest BCUT2D eigenvalue weighted by Crippen LogP contribution is -2.36. The first-order chi connectivity index (χ1) is 9.15. The van der Waals surface area contributed by atoms with E-state index in [0.29, 0.717) is 17.9 Å². The number of aliphatic hydroxyl groups is 1. The fourth-order valence-corrected chi connectivity index (χ4v) is 1.58. The van der Waals surface area contributed by atoms with Crippen molar-refractivity contribution in [2.24, 2.45) is 0 Å². The zero-order chi connectivity index (χ0) is 14.1. The van der Waals surface area contributed by atoms with Gasteiger partial charge in [-0.15, -0.1) is 6.58 Å². The average Bonchev–Trinajstić information content (AvgIpc) is 2.43. The van der Waals surface area contributed by atoms with Crippen LogP contribution in [0.3, 0.4) is 0 Å². The van der Waals surface area contributed by atoms with E-state index in [1.807, 2.05) is 19.1 Å². The molecule has 1 aromatic carbocycles. The Morgan fingerprint density at radius 2 is 2.37 bits per heavy atom. The molecule has 2 atom stereocenters. The van der Waals surface area contributed by atoms with Gasteiger partial charge < -0.3 is 15.2 Å². The highest BCUT2D eigenvalue weighted by Crippen LogP contribution is 2.12. The van der Waals surface area contributed by atoms with Gasteiger partial charge in [0.1, 0.15) is 18.5 Å². The maximum absolute atomic E-state index is 9.78. The molecular formula is C15H20N2O2. The van der Waals surface area contributed by atoms with Gasteiger partial charge in [-0.3, -0.25) is 0 Å². The van der Waals surface area contributed by atoms with Crippen molar-refractivity contribution >= 4 is 0 Å². The van der Waals surface area contributed by atoms with Crippen LogP contribution in [0.2, 0.25) is 0 Å². The van der Waals surface area contributed by atoms with Gasteiger partial charge in [-0.2, -0.15) is 5.26 Å². The number of aliphatic hydroxyl groups excluding tert-OH is 1. The molecule has 0 aromatic heterocycles. The van der Waals surface area contributed by atoms with Crippen molar-refractivity contribution in [3.63, 3.8) is 0 Å². The number of benzene rings is 1. The SMILES string of the molecule is C=CCC(C)NCC(O)COc1cccc(C#N)c1. The van der Waals surface area contributed by atoms with E-state index in [9.17, 15) is 5.11 Å². The molecule has 0 heterocycles. The standard InChI is InChI=1S/C15H20N2O2/c1-3-5-12(2)17-10-14(18)11-19-15-7-4-6-13(8-15)9-16/h3-4,6-8,12,14,17-18H,1,5,10-11H2,2H3. The molecule has 0 aliphatic heterocycles. The maximum atomic E-state index is 9.78. The highest BCUT2D eigenvalue weighted by Gasteiger charge is 2.07. The molecule has 0 fully saturated rings. The fraction of sp³-hybridized carbons (Fsp3) is 0.400. The quantitative estimate of drug-likeness (QED) is 0.700. The number of nitriles is 1. The molecule has 0 saturated heterocycles. The summed E-state index contributed by atoms with van der Waals surface area (Å²) >= 11 is 0. The predicted octanol–water partition coefficient (Wildman–Crippen LogP) is 1.85. The summed E-state index contributed by atoms with van der Waals surface area (Å²) in [6.45, 7) is 6.36. The minimum atomic E-state index is -0.585. The molecule has 19 heavy (non-hydrogen) atoms. The zero-order valence-corrected chi connectivity index (χ0v) is 11.2. The Balaban J connectivity index is 2.31. The molecule has 0 saturated carbocycles. The maximum Gasteiger partial charge on any atom is 0.120 e. The monoisotopic (exact) mass is 260 g/mol. The van der Waals surface area contributed by atoms with Crippen LogP contribution in [0.15, 0.2) is 36.9 Å². The highest BCUT2D eigenvalue weighted by atomic mass is 16.5. The van der Waals surface area contributed by atoms with E-state index in [-0.39, 0.29) is 12.6 Å². The molecule has 0 spiro atoms. The Kier molecular flexibility index (Phi) is 6.65. The number of nitrogens with zero attached hydrogens (tertiary/aromatic N) is 1. The van der Waals surface area contributed by atoms with Crippen LogP contribution in [0.5, 0.6) is 5.75 Å². The number of ether oxygens (including phenoxy) is 1. The summed E-state index contributed by atoms with van der Waals surface area (Å²) in [5.74, 6) is 0.595. The third-order valence-electron chi connectivity index (χ3n) is 2.63. The second-order valence-corrected chi connectivity index (χ2v) is 4.44. The molecule has 0 aliphatic rings. The smallest absolute Gasteiger partial charge is 0.120 e. The van der Waals surface area contributed by atoms with Crippen molar-refractivity contribution in [2.75, 3.05) is 13.2 Å². The Labute approximate surface area is 114 Å². The Bertz CT molecular complexity index is 440. The molecule has 2 unspecified atom stereocenters. The molecule has 2 N–H and O–H groups in total. The minimum absolute atomic E-state index is 0.197. The van der Waals surface area contributed by atoms with Gasteiger partial charge in [0.05, 0.1) is 11.6 Å². The van der Waals surface area contributed by atoms with E-state index < -0.39 is 6.10 Å². The van der Waals surface area contributed by atoms with Crippen molar-refractivity contribution in [1.29, 1.82) is 5.26 Å². The normalized spacial score (nSPS) is 13.3. The van der Waals surface area contributed by atoms with Crippen molar-refractivity contribution in [3.05, 3.63) is 42.5 Å². The van der Waals surface area contributed by atoms with Gasteiger partial charge in [0.15, 0.2) is 0 Å². The van der Waals surface area contributed by atoms with Gasteiger partial charge >= 0.3 is 0 Å². The summed E-state index contributed by atoms with van der Waals surface area (Å²) in [6, 6.07) is 9.21. The van der Waals surface area contributed by atoms with Crippen LogP contribution >= 0.6 is 0 Å². The van der Waals surface area contributed by atoms with Gasteiger partial charge in [0.25, 0.3) is 0 Å². The summed E-state index contributed by atoms with van der Waals surface area (Å²) < 4.78 is 5.44. The lowest BCUT2D eigenvalue weighted by Gasteiger charge is -2.16. The van der Waals surface area contributed by atoms with E-state index in [0.717, 1.165) is 6.42 Å². The van der Waals surface area contributed by atoms with E-state index in [1.165, 1.54) is 0 Å². The Morgan fingerprint density at radius 3 is 3.05 bits per heavy atom.